The van der Waals surface area contributed by atoms with Crippen LogP contribution < -0.4 is 15.4 Å². The predicted octanol–water partition coefficient (Wildman–Crippen LogP) is 2.62. The predicted molar refractivity (Wildman–Crippen MR) is 81.8 cm³/mol. The largest absolute Gasteiger partial charge is 0.481 e. The third kappa shape index (κ3) is 5.71. The van der Waals surface area contributed by atoms with Crippen molar-refractivity contribution in [2.75, 3.05) is 7.05 Å². The van der Waals surface area contributed by atoms with Crippen LogP contribution in [0, 0.1) is 5.82 Å². The van der Waals surface area contributed by atoms with Crippen LogP contribution >= 0.6 is 0 Å². The Morgan fingerprint density at radius 2 is 2.10 bits per heavy atom. The molecule has 21 heavy (non-hydrogen) atoms. The van der Waals surface area contributed by atoms with E-state index in [0.717, 1.165) is 12.8 Å². The van der Waals surface area contributed by atoms with Crippen molar-refractivity contribution in [1.29, 1.82) is 0 Å². The highest BCUT2D eigenvalue weighted by Gasteiger charge is 2.18. The molecule has 2 unspecified atom stereocenters. The maximum atomic E-state index is 13.3. The highest BCUT2D eigenvalue weighted by atomic mass is 19.1. The fourth-order valence-electron chi connectivity index (χ4n) is 2.10. The molecule has 0 heterocycles. The minimum Gasteiger partial charge on any atom is -0.481 e. The topological polar surface area (TPSA) is 50.4 Å². The van der Waals surface area contributed by atoms with Gasteiger partial charge in [0.25, 0.3) is 5.91 Å². The van der Waals surface area contributed by atoms with Gasteiger partial charge in [0, 0.05) is 18.2 Å². The Balaban J connectivity index is 2.69. The van der Waals surface area contributed by atoms with E-state index in [4.69, 9.17) is 4.74 Å². The number of nitrogens with one attached hydrogen (secondary N) is 2. The molecule has 0 bridgehead atoms. The highest BCUT2D eigenvalue weighted by molar-refractivity contribution is 5.81. The summed E-state index contributed by atoms with van der Waals surface area (Å²) < 4.78 is 18.9. The van der Waals surface area contributed by atoms with Crippen molar-refractivity contribution in [1.82, 2.24) is 10.6 Å². The summed E-state index contributed by atoms with van der Waals surface area (Å²) in [6.45, 7) is 6.22. The van der Waals surface area contributed by atoms with Gasteiger partial charge >= 0.3 is 0 Å². The fourth-order valence-corrected chi connectivity index (χ4v) is 2.10. The molecule has 0 saturated carbocycles. The Morgan fingerprint density at radius 3 is 2.71 bits per heavy atom. The van der Waals surface area contributed by atoms with Crippen molar-refractivity contribution >= 4 is 5.91 Å². The normalized spacial score (nSPS) is 13.6. The van der Waals surface area contributed by atoms with E-state index in [9.17, 15) is 9.18 Å². The average Bonchev–Trinajstić information content (AvgIpc) is 2.42. The Bertz CT molecular complexity index is 466. The van der Waals surface area contributed by atoms with E-state index >= 15 is 0 Å². The van der Waals surface area contributed by atoms with E-state index in [1.54, 1.807) is 20.0 Å². The average molecular weight is 296 g/mol. The number of carbonyl (C=O) groups is 1. The highest BCUT2D eigenvalue weighted by Crippen LogP contribution is 2.21. The molecule has 0 aliphatic rings. The van der Waals surface area contributed by atoms with Crippen molar-refractivity contribution in [3.8, 4) is 5.75 Å². The third-order valence-corrected chi connectivity index (χ3v) is 3.17. The van der Waals surface area contributed by atoms with Gasteiger partial charge < -0.3 is 15.4 Å². The summed E-state index contributed by atoms with van der Waals surface area (Å²) in [5.74, 6) is 0.0495. The van der Waals surface area contributed by atoms with Gasteiger partial charge in [0.15, 0.2) is 6.10 Å². The van der Waals surface area contributed by atoms with E-state index in [-0.39, 0.29) is 17.8 Å². The Kier molecular flexibility index (Phi) is 7.15. The summed E-state index contributed by atoms with van der Waals surface area (Å²) in [5.41, 5.74) is 0.693. The molecular weight excluding hydrogens is 271 g/mol. The maximum Gasteiger partial charge on any atom is 0.260 e. The smallest absolute Gasteiger partial charge is 0.260 e. The summed E-state index contributed by atoms with van der Waals surface area (Å²) >= 11 is 0. The van der Waals surface area contributed by atoms with Crippen LogP contribution in [0.3, 0.4) is 0 Å². The number of benzene rings is 1. The van der Waals surface area contributed by atoms with E-state index in [2.05, 4.69) is 17.6 Å². The monoisotopic (exact) mass is 296 g/mol. The summed E-state index contributed by atoms with van der Waals surface area (Å²) in [7, 11) is 1.78. The standard InChI is InChI=1S/C16H25FN2O2/c1-5-6-11(2)19-16(20)12(3)21-15-8-7-14(17)9-13(15)10-18-4/h7-9,11-12,18H,5-6,10H2,1-4H3,(H,19,20). The lowest BCUT2D eigenvalue weighted by Crippen LogP contribution is -2.41. The van der Waals surface area contributed by atoms with Gasteiger partial charge in [-0.1, -0.05) is 13.3 Å². The number of hydrogen-bond donors (Lipinski definition) is 2. The van der Waals surface area contributed by atoms with Gasteiger partial charge in [-0.3, -0.25) is 4.79 Å². The Morgan fingerprint density at radius 1 is 1.38 bits per heavy atom. The van der Waals surface area contributed by atoms with Gasteiger partial charge in [0.1, 0.15) is 11.6 Å². The molecule has 0 aliphatic carbocycles. The lowest BCUT2D eigenvalue weighted by Gasteiger charge is -2.20. The minimum absolute atomic E-state index is 0.124. The molecule has 2 atom stereocenters. The molecule has 118 valence electrons. The van der Waals surface area contributed by atoms with Gasteiger partial charge in [0.05, 0.1) is 0 Å². The van der Waals surface area contributed by atoms with Crippen molar-refractivity contribution in [2.45, 2.75) is 52.3 Å². The molecule has 0 radical (unpaired) electrons. The van der Waals surface area contributed by atoms with Gasteiger partial charge in [-0.25, -0.2) is 4.39 Å². The molecule has 1 amide bonds. The van der Waals surface area contributed by atoms with Crippen LogP contribution in [-0.4, -0.2) is 25.1 Å². The van der Waals surface area contributed by atoms with E-state index < -0.39 is 6.10 Å². The van der Waals surface area contributed by atoms with Gasteiger partial charge in [0.2, 0.25) is 0 Å². The molecule has 1 rings (SSSR count). The number of hydrogen-bond acceptors (Lipinski definition) is 3. The number of rotatable bonds is 8. The second-order valence-corrected chi connectivity index (χ2v) is 5.24. The molecule has 0 spiro atoms. The van der Waals surface area contributed by atoms with Gasteiger partial charge in [-0.15, -0.1) is 0 Å². The summed E-state index contributed by atoms with van der Waals surface area (Å²) in [6.07, 6.45) is 1.33. The molecule has 0 fully saturated rings. The lowest BCUT2D eigenvalue weighted by molar-refractivity contribution is -0.127. The molecule has 0 saturated heterocycles. The van der Waals surface area contributed by atoms with Gasteiger partial charge in [-0.2, -0.15) is 0 Å². The number of halogens is 1. The number of carbonyl (C=O) groups excluding carboxylic acids is 1. The van der Waals surface area contributed by atoms with Gasteiger partial charge in [-0.05, 0) is 45.5 Å². The zero-order valence-corrected chi connectivity index (χ0v) is 13.2. The van der Waals surface area contributed by atoms with Crippen LogP contribution in [0.2, 0.25) is 0 Å². The first-order valence-electron chi connectivity index (χ1n) is 7.38. The molecule has 0 aliphatic heterocycles. The van der Waals surface area contributed by atoms with E-state index in [0.29, 0.717) is 17.9 Å². The van der Waals surface area contributed by atoms with Crippen LogP contribution in [0.4, 0.5) is 4.39 Å². The van der Waals surface area contributed by atoms with E-state index in [1.165, 1.54) is 12.1 Å². The summed E-state index contributed by atoms with van der Waals surface area (Å²) in [6, 6.07) is 4.43. The number of ether oxygens (including phenoxy) is 1. The Labute approximate surface area is 126 Å². The first-order chi connectivity index (χ1) is 9.97. The van der Waals surface area contributed by atoms with Crippen molar-refractivity contribution < 1.29 is 13.9 Å². The molecule has 1 aromatic carbocycles. The quantitative estimate of drug-likeness (QED) is 0.775. The van der Waals surface area contributed by atoms with Crippen LogP contribution in [0.5, 0.6) is 5.75 Å². The molecule has 1 aromatic rings. The molecular formula is C16H25FN2O2. The minimum atomic E-state index is -0.620. The zero-order chi connectivity index (χ0) is 15.8. The van der Waals surface area contributed by atoms with Crippen molar-refractivity contribution in [3.05, 3.63) is 29.6 Å². The Hall–Kier alpha value is -1.62. The first-order valence-corrected chi connectivity index (χ1v) is 7.38. The van der Waals surface area contributed by atoms with Crippen LogP contribution in [0.15, 0.2) is 18.2 Å². The van der Waals surface area contributed by atoms with Crippen LogP contribution in [0.25, 0.3) is 0 Å². The van der Waals surface area contributed by atoms with Crippen molar-refractivity contribution in [2.24, 2.45) is 0 Å². The fraction of sp³-hybridized carbons (Fsp3) is 0.562. The second kappa shape index (κ2) is 8.62. The summed E-state index contributed by atoms with van der Waals surface area (Å²) in [4.78, 5) is 12.0. The molecule has 5 heteroatoms. The lowest BCUT2D eigenvalue weighted by atomic mass is 10.2. The molecule has 2 N–H and O–H groups in total. The SMILES string of the molecule is CCCC(C)NC(=O)C(C)Oc1ccc(F)cc1CNC. The maximum absolute atomic E-state index is 13.3. The summed E-state index contributed by atoms with van der Waals surface area (Å²) in [5, 5.41) is 5.87. The molecule has 0 aromatic heterocycles. The third-order valence-electron chi connectivity index (χ3n) is 3.17. The van der Waals surface area contributed by atoms with E-state index in [1.807, 2.05) is 6.92 Å². The zero-order valence-electron chi connectivity index (χ0n) is 13.2. The molecule has 4 nitrogen and oxygen atoms in total. The number of amides is 1. The van der Waals surface area contributed by atoms with Crippen LogP contribution in [-0.2, 0) is 11.3 Å². The first kappa shape index (κ1) is 17.4. The second-order valence-electron chi connectivity index (χ2n) is 5.24. The van der Waals surface area contributed by atoms with Crippen molar-refractivity contribution in [3.63, 3.8) is 0 Å². The van der Waals surface area contributed by atoms with Crippen LogP contribution in [0.1, 0.15) is 39.2 Å².